The minimum atomic E-state index is -5.15. The molecule has 0 saturated heterocycles. The third-order valence-corrected chi connectivity index (χ3v) is 4.13. The number of alkyl halides is 6. The summed E-state index contributed by atoms with van der Waals surface area (Å²) in [5.74, 6) is -6.73. The van der Waals surface area contributed by atoms with E-state index in [0.29, 0.717) is 0 Å². The van der Waals surface area contributed by atoms with Gasteiger partial charge < -0.3 is 9.39 Å². The molecule has 0 heterocycles. The SMILES string of the molecule is O=S([O-])CON=C(C(c1ccccc1)C(F)(F)F)C(c1ccccc1)C(F)(F)F. The van der Waals surface area contributed by atoms with Crippen LogP contribution in [-0.2, 0) is 15.9 Å². The summed E-state index contributed by atoms with van der Waals surface area (Å²) >= 11 is -2.88. The highest BCUT2D eigenvalue weighted by Gasteiger charge is 2.54. The lowest BCUT2D eigenvalue weighted by molar-refractivity contribution is -0.148. The molecule has 0 saturated carbocycles. The van der Waals surface area contributed by atoms with E-state index in [9.17, 15) is 35.1 Å². The Morgan fingerprint density at radius 3 is 1.55 bits per heavy atom. The molecule has 11 heteroatoms. The van der Waals surface area contributed by atoms with Crippen LogP contribution in [0.1, 0.15) is 23.0 Å². The van der Waals surface area contributed by atoms with Gasteiger partial charge in [-0.05, 0) is 22.2 Å². The van der Waals surface area contributed by atoms with Crippen LogP contribution in [-0.4, -0.2) is 32.8 Å². The van der Waals surface area contributed by atoms with Crippen LogP contribution in [0.25, 0.3) is 0 Å². The number of rotatable bonds is 7. The van der Waals surface area contributed by atoms with Crippen LogP contribution in [0.4, 0.5) is 26.3 Å². The van der Waals surface area contributed by atoms with Crippen LogP contribution in [0, 0.1) is 0 Å². The highest BCUT2D eigenvalue weighted by atomic mass is 32.2. The van der Waals surface area contributed by atoms with E-state index in [1.807, 2.05) is 0 Å². The van der Waals surface area contributed by atoms with Crippen LogP contribution in [0.3, 0.4) is 0 Å². The van der Waals surface area contributed by atoms with Gasteiger partial charge in [-0.3, -0.25) is 4.21 Å². The van der Waals surface area contributed by atoms with Gasteiger partial charge in [0.25, 0.3) is 0 Å². The topological polar surface area (TPSA) is 61.7 Å². The zero-order chi connectivity index (χ0) is 21.7. The standard InChI is InChI=1S/C18H15F6NO3S/c19-17(20,21)14(12-7-3-1-4-8-12)16(25-28-11-29(26)27)15(18(22,23)24)13-9-5-2-6-10-13/h1-10,14-15H,11H2,(H,26,27)/p-1. The van der Waals surface area contributed by atoms with Crippen molar-refractivity contribution in [2.75, 3.05) is 5.94 Å². The predicted octanol–water partition coefficient (Wildman–Crippen LogP) is 4.89. The molecule has 4 nitrogen and oxygen atoms in total. The fraction of sp³-hybridized carbons (Fsp3) is 0.278. The number of oxime groups is 1. The van der Waals surface area contributed by atoms with Gasteiger partial charge in [-0.15, -0.1) is 0 Å². The Morgan fingerprint density at radius 2 is 1.24 bits per heavy atom. The van der Waals surface area contributed by atoms with Gasteiger partial charge in [0.1, 0.15) is 11.8 Å². The normalized spacial score (nSPS) is 15.3. The lowest BCUT2D eigenvalue weighted by Gasteiger charge is -2.29. The first-order valence-corrected chi connectivity index (χ1v) is 9.25. The molecule has 3 unspecified atom stereocenters. The average molecular weight is 438 g/mol. The summed E-state index contributed by atoms with van der Waals surface area (Å²) in [6.07, 6.45) is -10.3. The molecule has 29 heavy (non-hydrogen) atoms. The average Bonchev–Trinajstić information content (AvgIpc) is 2.61. The van der Waals surface area contributed by atoms with Gasteiger partial charge in [0.15, 0.2) is 5.94 Å². The van der Waals surface area contributed by atoms with E-state index in [2.05, 4.69) is 9.99 Å². The number of nitrogens with zero attached hydrogens (tertiary/aromatic N) is 1. The van der Waals surface area contributed by atoms with E-state index in [1.165, 1.54) is 36.4 Å². The van der Waals surface area contributed by atoms with Crippen LogP contribution in [0.2, 0.25) is 0 Å². The smallest absolute Gasteiger partial charge is 0.401 e. The maximum absolute atomic E-state index is 13.9. The fourth-order valence-corrected chi connectivity index (χ4v) is 2.90. The van der Waals surface area contributed by atoms with Crippen molar-refractivity contribution in [1.29, 1.82) is 0 Å². The van der Waals surface area contributed by atoms with E-state index >= 15 is 0 Å². The van der Waals surface area contributed by atoms with Gasteiger partial charge in [-0.25, -0.2) is 0 Å². The van der Waals surface area contributed by atoms with Crippen molar-refractivity contribution in [3.8, 4) is 0 Å². The van der Waals surface area contributed by atoms with Gasteiger partial charge >= 0.3 is 12.4 Å². The molecule has 0 N–H and O–H groups in total. The second-order valence-corrected chi connectivity index (χ2v) is 6.68. The Labute approximate surface area is 164 Å². The largest absolute Gasteiger partial charge is 0.770 e. The molecular formula is C18H14F6NO3S-. The number of benzene rings is 2. The Bertz CT molecular complexity index is 781. The number of halogens is 6. The lowest BCUT2D eigenvalue weighted by Crippen LogP contribution is -2.38. The molecule has 0 spiro atoms. The van der Waals surface area contributed by atoms with Crippen LogP contribution in [0.15, 0.2) is 65.8 Å². The van der Waals surface area contributed by atoms with Crippen LogP contribution >= 0.6 is 0 Å². The second-order valence-electron chi connectivity index (χ2n) is 5.84. The molecule has 0 amide bonds. The molecular weight excluding hydrogens is 424 g/mol. The van der Waals surface area contributed by atoms with Crippen molar-refractivity contribution >= 4 is 16.8 Å². The van der Waals surface area contributed by atoms with Gasteiger partial charge in [-0.2, -0.15) is 26.3 Å². The molecule has 0 aliphatic carbocycles. The quantitative estimate of drug-likeness (QED) is 0.268. The van der Waals surface area contributed by atoms with Crippen molar-refractivity contribution in [3.63, 3.8) is 0 Å². The van der Waals surface area contributed by atoms with Crippen LogP contribution < -0.4 is 0 Å². The maximum atomic E-state index is 13.9. The minimum absolute atomic E-state index is 0.490. The highest BCUT2D eigenvalue weighted by molar-refractivity contribution is 7.78. The van der Waals surface area contributed by atoms with E-state index in [1.54, 1.807) is 0 Å². The van der Waals surface area contributed by atoms with Gasteiger partial charge in [-0.1, -0.05) is 65.8 Å². The molecule has 3 atom stereocenters. The summed E-state index contributed by atoms with van der Waals surface area (Å²) in [6.45, 7) is 0. The molecule has 158 valence electrons. The summed E-state index contributed by atoms with van der Waals surface area (Å²) < 4.78 is 105. The predicted molar refractivity (Wildman–Crippen MR) is 92.8 cm³/mol. The van der Waals surface area contributed by atoms with Crippen molar-refractivity contribution in [2.45, 2.75) is 24.2 Å². The number of hydrogen-bond donors (Lipinski definition) is 0. The first kappa shape index (κ1) is 22.9. The monoisotopic (exact) mass is 438 g/mol. The third-order valence-electron chi connectivity index (χ3n) is 3.83. The molecule has 2 aromatic carbocycles. The molecule has 0 aromatic heterocycles. The Morgan fingerprint density at radius 1 is 0.862 bits per heavy atom. The summed E-state index contributed by atoms with van der Waals surface area (Å²) in [6, 6.07) is 11.8. The molecule has 0 bridgehead atoms. The summed E-state index contributed by atoms with van der Waals surface area (Å²) in [7, 11) is 0. The van der Waals surface area contributed by atoms with Gasteiger partial charge in [0, 0.05) is 0 Å². The van der Waals surface area contributed by atoms with E-state index < -0.39 is 58.0 Å². The Kier molecular flexibility index (Phi) is 7.42. The molecule has 0 aliphatic rings. The summed E-state index contributed by atoms with van der Waals surface area (Å²) in [4.78, 5) is 4.33. The van der Waals surface area contributed by atoms with Gasteiger partial charge in [0.2, 0.25) is 0 Å². The molecule has 2 aromatic rings. The third kappa shape index (κ3) is 6.29. The van der Waals surface area contributed by atoms with E-state index in [0.717, 1.165) is 24.3 Å². The Hall–Kier alpha value is -2.40. The van der Waals surface area contributed by atoms with E-state index in [-0.39, 0.29) is 0 Å². The summed E-state index contributed by atoms with van der Waals surface area (Å²) in [5.41, 5.74) is -2.39. The van der Waals surface area contributed by atoms with Crippen LogP contribution in [0.5, 0.6) is 0 Å². The summed E-state index contributed by atoms with van der Waals surface area (Å²) in [5, 5.41) is 3.03. The van der Waals surface area contributed by atoms with Crippen molar-refractivity contribution in [2.24, 2.45) is 5.16 Å². The molecule has 2 rings (SSSR count). The highest BCUT2D eigenvalue weighted by Crippen LogP contribution is 2.45. The minimum Gasteiger partial charge on any atom is -0.770 e. The van der Waals surface area contributed by atoms with Crippen molar-refractivity contribution in [1.82, 2.24) is 0 Å². The van der Waals surface area contributed by atoms with E-state index in [4.69, 9.17) is 0 Å². The molecule has 0 aliphatic heterocycles. The molecule has 0 fully saturated rings. The first-order chi connectivity index (χ1) is 13.5. The van der Waals surface area contributed by atoms with Gasteiger partial charge in [0.05, 0.1) is 5.71 Å². The zero-order valence-electron chi connectivity index (χ0n) is 14.5. The number of hydrogen-bond acceptors (Lipinski definition) is 4. The first-order valence-electron chi connectivity index (χ1n) is 8.00. The van der Waals surface area contributed by atoms with Crippen molar-refractivity contribution in [3.05, 3.63) is 71.8 Å². The second kappa shape index (κ2) is 9.40. The van der Waals surface area contributed by atoms with Crippen molar-refractivity contribution < 1.29 is 39.9 Å². The fourth-order valence-electron chi connectivity index (χ4n) is 2.76. The molecule has 0 radical (unpaired) electrons. The maximum Gasteiger partial charge on any atom is 0.401 e. The Balaban J connectivity index is 2.70. The lowest BCUT2D eigenvalue weighted by atomic mass is 9.82. The zero-order valence-corrected chi connectivity index (χ0v) is 15.3.